The van der Waals surface area contributed by atoms with Gasteiger partial charge in [0.2, 0.25) is 0 Å². The monoisotopic (exact) mass is 224 g/mol. The Morgan fingerprint density at radius 3 is 3.00 bits per heavy atom. The van der Waals surface area contributed by atoms with Gasteiger partial charge in [0.15, 0.2) is 0 Å². The van der Waals surface area contributed by atoms with Crippen LogP contribution in [0.5, 0.6) is 0 Å². The Balaban J connectivity index is 2.18. The molecule has 0 atom stereocenters. The summed E-state index contributed by atoms with van der Waals surface area (Å²) in [6, 6.07) is 8.57. The van der Waals surface area contributed by atoms with E-state index >= 15 is 0 Å². The van der Waals surface area contributed by atoms with Crippen LogP contribution in [0, 0.1) is 6.92 Å². The molecule has 0 radical (unpaired) electrons. The Bertz CT molecular complexity index is 546. The largest absolute Gasteiger partial charge is 0.385 e. The molecule has 0 fully saturated rings. The minimum Gasteiger partial charge on any atom is -0.385 e. The van der Waals surface area contributed by atoms with Crippen LogP contribution in [0.1, 0.15) is 17.5 Å². The summed E-state index contributed by atoms with van der Waals surface area (Å²) in [5.41, 5.74) is 6.61. The maximum Gasteiger partial charge on any atom is 0.0378 e. The lowest BCUT2D eigenvalue weighted by Crippen LogP contribution is -2.12. The van der Waals surface area contributed by atoms with Gasteiger partial charge in [-0.1, -0.05) is 12.1 Å². The molecule has 1 aromatic carbocycles. The van der Waals surface area contributed by atoms with Crippen LogP contribution < -0.4 is 5.32 Å². The predicted molar refractivity (Wildman–Crippen MR) is 71.2 cm³/mol. The van der Waals surface area contributed by atoms with Crippen LogP contribution in [0.4, 0.5) is 5.69 Å². The molecule has 1 aliphatic rings. The Kier molecular flexibility index (Phi) is 2.56. The van der Waals surface area contributed by atoms with Gasteiger partial charge in [-0.15, -0.1) is 0 Å². The molecule has 86 valence electrons. The zero-order valence-corrected chi connectivity index (χ0v) is 10.0. The van der Waals surface area contributed by atoms with Crippen molar-refractivity contribution in [3.63, 3.8) is 0 Å². The first kappa shape index (κ1) is 10.3. The summed E-state index contributed by atoms with van der Waals surface area (Å²) >= 11 is 0. The third-order valence-corrected chi connectivity index (χ3v) is 3.42. The zero-order chi connectivity index (χ0) is 11.7. The van der Waals surface area contributed by atoms with Crippen molar-refractivity contribution in [2.24, 2.45) is 0 Å². The van der Waals surface area contributed by atoms with Crippen LogP contribution in [-0.2, 0) is 6.42 Å². The van der Waals surface area contributed by atoms with E-state index in [2.05, 4.69) is 41.5 Å². The number of aromatic nitrogens is 1. The van der Waals surface area contributed by atoms with Gasteiger partial charge < -0.3 is 5.32 Å². The van der Waals surface area contributed by atoms with Gasteiger partial charge in [0.25, 0.3) is 0 Å². The van der Waals surface area contributed by atoms with Crippen LogP contribution in [0.15, 0.2) is 36.7 Å². The number of anilines is 1. The summed E-state index contributed by atoms with van der Waals surface area (Å²) in [5, 5.41) is 3.47. The second-order valence-electron chi connectivity index (χ2n) is 4.55. The fourth-order valence-electron chi connectivity index (χ4n) is 2.51. The molecule has 2 heterocycles. The summed E-state index contributed by atoms with van der Waals surface area (Å²) in [5.74, 6) is 0. The van der Waals surface area contributed by atoms with Gasteiger partial charge in [-0.25, -0.2) is 0 Å². The Hall–Kier alpha value is -1.83. The molecule has 0 amide bonds. The van der Waals surface area contributed by atoms with E-state index in [4.69, 9.17) is 0 Å². The van der Waals surface area contributed by atoms with Crippen LogP contribution in [0.3, 0.4) is 0 Å². The number of nitrogens with one attached hydrogen (secondary N) is 1. The SMILES string of the molecule is Cc1ccncc1-c1cccc2c1CCCN2. The minimum atomic E-state index is 1.09. The lowest BCUT2D eigenvalue weighted by molar-refractivity contribution is 0.831. The highest BCUT2D eigenvalue weighted by Crippen LogP contribution is 2.33. The van der Waals surface area contributed by atoms with Crippen molar-refractivity contribution in [2.45, 2.75) is 19.8 Å². The maximum absolute atomic E-state index is 4.25. The molecular formula is C15H16N2. The Labute approximate surface area is 102 Å². The van der Waals surface area contributed by atoms with Crippen molar-refractivity contribution in [2.75, 3.05) is 11.9 Å². The zero-order valence-electron chi connectivity index (χ0n) is 10.0. The van der Waals surface area contributed by atoms with Crippen LogP contribution in [0.2, 0.25) is 0 Å². The molecule has 0 saturated carbocycles. The van der Waals surface area contributed by atoms with E-state index in [1.807, 2.05) is 12.4 Å². The molecular weight excluding hydrogens is 208 g/mol. The molecule has 0 unspecified atom stereocenters. The maximum atomic E-state index is 4.25. The molecule has 1 N–H and O–H groups in total. The fraction of sp³-hybridized carbons (Fsp3) is 0.267. The Morgan fingerprint density at radius 1 is 1.18 bits per heavy atom. The third-order valence-electron chi connectivity index (χ3n) is 3.42. The molecule has 2 nitrogen and oxygen atoms in total. The molecule has 3 rings (SSSR count). The van der Waals surface area contributed by atoms with Gasteiger partial charge in [0.05, 0.1) is 0 Å². The number of aryl methyl sites for hydroxylation is 1. The normalized spacial score (nSPS) is 13.9. The second-order valence-corrected chi connectivity index (χ2v) is 4.55. The van der Waals surface area contributed by atoms with E-state index in [9.17, 15) is 0 Å². The topological polar surface area (TPSA) is 24.9 Å². The average molecular weight is 224 g/mol. The van der Waals surface area contributed by atoms with Crippen molar-refractivity contribution < 1.29 is 0 Å². The molecule has 0 aliphatic carbocycles. The molecule has 0 spiro atoms. The number of benzene rings is 1. The Morgan fingerprint density at radius 2 is 2.12 bits per heavy atom. The second kappa shape index (κ2) is 4.21. The number of hydrogen-bond donors (Lipinski definition) is 1. The standard InChI is InChI=1S/C15H16N2/c1-11-7-9-16-10-14(11)12-4-2-6-15-13(12)5-3-8-17-15/h2,4,6-7,9-10,17H,3,5,8H2,1H3. The molecule has 2 aromatic rings. The highest BCUT2D eigenvalue weighted by molar-refractivity contribution is 5.76. The van der Waals surface area contributed by atoms with Crippen LogP contribution >= 0.6 is 0 Å². The number of rotatable bonds is 1. The summed E-state index contributed by atoms with van der Waals surface area (Å²) in [6.07, 6.45) is 6.20. The van der Waals surface area contributed by atoms with Crippen molar-refractivity contribution >= 4 is 5.69 Å². The fourth-order valence-corrected chi connectivity index (χ4v) is 2.51. The average Bonchev–Trinajstić information content (AvgIpc) is 2.39. The quantitative estimate of drug-likeness (QED) is 0.803. The molecule has 0 saturated heterocycles. The molecule has 17 heavy (non-hydrogen) atoms. The number of pyridine rings is 1. The van der Waals surface area contributed by atoms with Crippen molar-refractivity contribution in [1.82, 2.24) is 4.98 Å². The lowest BCUT2D eigenvalue weighted by Gasteiger charge is -2.21. The lowest BCUT2D eigenvalue weighted by atomic mass is 9.92. The van der Waals surface area contributed by atoms with Gasteiger partial charge in [-0.2, -0.15) is 0 Å². The van der Waals surface area contributed by atoms with Gasteiger partial charge in [0, 0.05) is 30.2 Å². The van der Waals surface area contributed by atoms with Gasteiger partial charge >= 0.3 is 0 Å². The summed E-state index contributed by atoms with van der Waals surface area (Å²) in [6.45, 7) is 3.23. The van der Waals surface area contributed by atoms with E-state index < -0.39 is 0 Å². The number of hydrogen-bond acceptors (Lipinski definition) is 2. The van der Waals surface area contributed by atoms with E-state index in [0.717, 1.165) is 13.0 Å². The summed E-state index contributed by atoms with van der Waals surface area (Å²) < 4.78 is 0. The van der Waals surface area contributed by atoms with E-state index in [0.29, 0.717) is 0 Å². The molecule has 1 aromatic heterocycles. The van der Waals surface area contributed by atoms with E-state index in [-0.39, 0.29) is 0 Å². The number of nitrogens with zero attached hydrogens (tertiary/aromatic N) is 1. The van der Waals surface area contributed by atoms with Crippen molar-refractivity contribution in [1.29, 1.82) is 0 Å². The first-order chi connectivity index (χ1) is 8.36. The van der Waals surface area contributed by atoms with E-state index in [1.165, 1.54) is 34.4 Å². The summed E-state index contributed by atoms with van der Waals surface area (Å²) in [4.78, 5) is 4.25. The minimum absolute atomic E-state index is 1.09. The molecule has 2 heteroatoms. The van der Waals surface area contributed by atoms with Gasteiger partial charge in [0.1, 0.15) is 0 Å². The summed E-state index contributed by atoms with van der Waals surface area (Å²) in [7, 11) is 0. The van der Waals surface area contributed by atoms with Crippen molar-refractivity contribution in [3.8, 4) is 11.1 Å². The van der Waals surface area contributed by atoms with Crippen molar-refractivity contribution in [3.05, 3.63) is 47.8 Å². The third kappa shape index (κ3) is 1.80. The van der Waals surface area contributed by atoms with Gasteiger partial charge in [-0.3, -0.25) is 4.98 Å². The highest BCUT2D eigenvalue weighted by Gasteiger charge is 2.14. The first-order valence-corrected chi connectivity index (χ1v) is 6.13. The van der Waals surface area contributed by atoms with Crippen LogP contribution in [-0.4, -0.2) is 11.5 Å². The van der Waals surface area contributed by atoms with E-state index in [1.54, 1.807) is 0 Å². The smallest absolute Gasteiger partial charge is 0.0378 e. The molecule has 0 bridgehead atoms. The molecule has 1 aliphatic heterocycles. The first-order valence-electron chi connectivity index (χ1n) is 6.13. The highest BCUT2D eigenvalue weighted by atomic mass is 14.9. The van der Waals surface area contributed by atoms with Crippen LogP contribution in [0.25, 0.3) is 11.1 Å². The van der Waals surface area contributed by atoms with Gasteiger partial charge in [-0.05, 0) is 48.6 Å². The predicted octanol–water partition coefficient (Wildman–Crippen LogP) is 3.42. The number of fused-ring (bicyclic) bond motifs is 1.